The van der Waals surface area contributed by atoms with E-state index < -0.39 is 11.0 Å². The molecule has 1 heterocycles. The van der Waals surface area contributed by atoms with Gasteiger partial charge in [-0.15, -0.1) is 0 Å². The number of hydrogen-bond acceptors (Lipinski definition) is 6. The van der Waals surface area contributed by atoms with Crippen LogP contribution in [0.1, 0.15) is 18.7 Å². The zero-order valence-corrected chi connectivity index (χ0v) is 11.5. The number of hydrogen-bond donors (Lipinski definition) is 1. The number of aliphatic hydroxyl groups excluding tert-OH is 1. The molecule has 1 aromatic carbocycles. The minimum atomic E-state index is -0.690. The zero-order chi connectivity index (χ0) is 15.4. The summed E-state index contributed by atoms with van der Waals surface area (Å²) in [5.41, 5.74) is 0.317. The molecule has 1 atom stereocenters. The summed E-state index contributed by atoms with van der Waals surface area (Å²) in [5.74, 6) is 0.839. The molecule has 0 aliphatic rings. The third-order valence-electron chi connectivity index (χ3n) is 2.78. The number of nitrogens with zero attached hydrogens (tertiary/aromatic N) is 2. The summed E-state index contributed by atoms with van der Waals surface area (Å²) in [6.45, 7) is 1.59. The maximum Gasteiger partial charge on any atom is 0.311 e. The number of pyridine rings is 1. The first-order chi connectivity index (χ1) is 10.0. The summed E-state index contributed by atoms with van der Waals surface area (Å²) >= 11 is 0. The van der Waals surface area contributed by atoms with Gasteiger partial charge in [-0.2, -0.15) is 0 Å². The van der Waals surface area contributed by atoms with Crippen molar-refractivity contribution in [2.45, 2.75) is 13.0 Å². The van der Waals surface area contributed by atoms with Gasteiger partial charge in [0, 0.05) is 12.1 Å². The largest absolute Gasteiger partial charge is 0.497 e. The molecule has 0 aliphatic heterocycles. The summed E-state index contributed by atoms with van der Waals surface area (Å²) < 4.78 is 10.5. The molecule has 1 N–H and O–H groups in total. The maximum absolute atomic E-state index is 11.0. The van der Waals surface area contributed by atoms with Gasteiger partial charge in [-0.1, -0.05) is 0 Å². The Hall–Kier alpha value is -2.67. The van der Waals surface area contributed by atoms with Crippen LogP contribution in [0.15, 0.2) is 36.5 Å². The van der Waals surface area contributed by atoms with Crippen molar-refractivity contribution in [1.82, 2.24) is 4.98 Å². The molecule has 7 heteroatoms. The Kier molecular flexibility index (Phi) is 4.34. The summed E-state index contributed by atoms with van der Waals surface area (Å²) in [6.07, 6.45) is 0.704. The predicted molar refractivity (Wildman–Crippen MR) is 74.6 cm³/mol. The first-order valence-corrected chi connectivity index (χ1v) is 6.15. The standard InChI is InChI=1S/C14H14N2O5/c1-9(17)12-5-3-11(8-15-12)21-14-7-10(20-2)4-6-13(14)16(18)19/h3-9,17H,1-2H3/t9-/m1/s1. The molecule has 21 heavy (non-hydrogen) atoms. The minimum Gasteiger partial charge on any atom is -0.497 e. The molecule has 0 saturated carbocycles. The molecule has 2 rings (SSSR count). The predicted octanol–water partition coefficient (Wildman–Crippen LogP) is 2.84. The van der Waals surface area contributed by atoms with Gasteiger partial charge < -0.3 is 14.6 Å². The number of ether oxygens (including phenoxy) is 2. The van der Waals surface area contributed by atoms with Crippen LogP contribution in [0.5, 0.6) is 17.2 Å². The SMILES string of the molecule is COc1ccc([N+](=O)[O-])c(Oc2ccc([C@@H](C)O)nc2)c1. The highest BCUT2D eigenvalue weighted by Gasteiger charge is 2.17. The van der Waals surface area contributed by atoms with E-state index >= 15 is 0 Å². The van der Waals surface area contributed by atoms with Crippen LogP contribution in [0.3, 0.4) is 0 Å². The van der Waals surface area contributed by atoms with Gasteiger partial charge in [0.1, 0.15) is 11.5 Å². The second kappa shape index (κ2) is 6.19. The Morgan fingerprint density at radius 3 is 2.52 bits per heavy atom. The molecular formula is C14H14N2O5. The number of rotatable bonds is 5. The molecule has 0 radical (unpaired) electrons. The Morgan fingerprint density at radius 1 is 1.29 bits per heavy atom. The van der Waals surface area contributed by atoms with Crippen LogP contribution >= 0.6 is 0 Å². The van der Waals surface area contributed by atoms with Gasteiger partial charge in [-0.3, -0.25) is 15.1 Å². The number of nitro groups is 1. The highest BCUT2D eigenvalue weighted by molar-refractivity contribution is 5.52. The smallest absolute Gasteiger partial charge is 0.311 e. The summed E-state index contributed by atoms with van der Waals surface area (Å²) in [7, 11) is 1.46. The lowest BCUT2D eigenvalue weighted by molar-refractivity contribution is -0.385. The molecule has 0 amide bonds. The van der Waals surface area contributed by atoms with Gasteiger partial charge in [0.2, 0.25) is 5.75 Å². The van der Waals surface area contributed by atoms with Gasteiger partial charge in [0.05, 0.1) is 30.0 Å². The van der Waals surface area contributed by atoms with Gasteiger partial charge in [-0.25, -0.2) is 0 Å². The Bertz CT molecular complexity index is 640. The van der Waals surface area contributed by atoms with E-state index in [2.05, 4.69) is 4.98 Å². The molecule has 0 spiro atoms. The number of aliphatic hydroxyl groups is 1. The fourth-order valence-electron chi connectivity index (χ4n) is 1.68. The average molecular weight is 290 g/mol. The average Bonchev–Trinajstić information content (AvgIpc) is 2.47. The van der Waals surface area contributed by atoms with Crippen LogP contribution < -0.4 is 9.47 Å². The fourth-order valence-corrected chi connectivity index (χ4v) is 1.68. The highest BCUT2D eigenvalue weighted by Crippen LogP contribution is 2.34. The summed E-state index contributed by atoms with van der Waals surface area (Å²) in [5, 5.41) is 20.4. The van der Waals surface area contributed by atoms with Gasteiger partial charge >= 0.3 is 5.69 Å². The molecule has 0 bridgehead atoms. The summed E-state index contributed by atoms with van der Waals surface area (Å²) in [6, 6.07) is 7.40. The Morgan fingerprint density at radius 2 is 2.00 bits per heavy atom. The second-order valence-electron chi connectivity index (χ2n) is 4.29. The van der Waals surface area contributed by atoms with E-state index in [1.54, 1.807) is 19.1 Å². The van der Waals surface area contributed by atoms with Crippen molar-refractivity contribution in [3.63, 3.8) is 0 Å². The highest BCUT2D eigenvalue weighted by atomic mass is 16.6. The number of methoxy groups -OCH3 is 1. The first-order valence-electron chi connectivity index (χ1n) is 6.15. The minimum absolute atomic E-state index is 0.0611. The molecule has 1 aromatic heterocycles. The van der Waals surface area contributed by atoms with Gasteiger partial charge in [0.15, 0.2) is 0 Å². The van der Waals surface area contributed by atoms with Crippen molar-refractivity contribution in [3.8, 4) is 17.2 Å². The molecule has 0 saturated heterocycles. The monoisotopic (exact) mass is 290 g/mol. The van der Waals surface area contributed by atoms with Crippen LogP contribution in [-0.4, -0.2) is 22.1 Å². The lowest BCUT2D eigenvalue weighted by Gasteiger charge is -2.09. The van der Waals surface area contributed by atoms with Crippen molar-refractivity contribution in [3.05, 3.63) is 52.3 Å². The number of aromatic nitrogens is 1. The lowest BCUT2D eigenvalue weighted by Crippen LogP contribution is -1.97. The Balaban J connectivity index is 2.31. The van der Waals surface area contributed by atoms with Crippen LogP contribution in [0.25, 0.3) is 0 Å². The topological polar surface area (TPSA) is 94.7 Å². The molecular weight excluding hydrogens is 276 g/mol. The molecule has 2 aromatic rings. The van der Waals surface area contributed by atoms with Crippen molar-refractivity contribution >= 4 is 5.69 Å². The lowest BCUT2D eigenvalue weighted by atomic mass is 10.2. The van der Waals surface area contributed by atoms with Gasteiger partial charge in [0.25, 0.3) is 0 Å². The molecule has 110 valence electrons. The maximum atomic E-state index is 11.0. The molecule has 0 fully saturated rings. The number of nitro benzene ring substituents is 1. The fraction of sp³-hybridized carbons (Fsp3) is 0.214. The molecule has 0 unspecified atom stereocenters. The zero-order valence-electron chi connectivity index (χ0n) is 11.5. The first kappa shape index (κ1) is 14.7. The third kappa shape index (κ3) is 3.46. The third-order valence-corrected chi connectivity index (χ3v) is 2.78. The van der Waals surface area contributed by atoms with Gasteiger partial charge in [-0.05, 0) is 25.1 Å². The Labute approximate surface area is 120 Å². The van der Waals surface area contributed by atoms with E-state index in [0.717, 1.165) is 0 Å². The van der Waals surface area contributed by atoms with E-state index in [0.29, 0.717) is 17.2 Å². The second-order valence-corrected chi connectivity index (χ2v) is 4.29. The van der Waals surface area contributed by atoms with Crippen molar-refractivity contribution in [2.24, 2.45) is 0 Å². The van der Waals surface area contributed by atoms with E-state index in [-0.39, 0.29) is 11.4 Å². The van der Waals surface area contributed by atoms with Crippen molar-refractivity contribution < 1.29 is 19.5 Å². The summed E-state index contributed by atoms with van der Waals surface area (Å²) in [4.78, 5) is 14.5. The molecule has 7 nitrogen and oxygen atoms in total. The van der Waals surface area contributed by atoms with Crippen LogP contribution in [0.2, 0.25) is 0 Å². The van der Waals surface area contributed by atoms with Crippen LogP contribution in [0, 0.1) is 10.1 Å². The number of benzene rings is 1. The van der Waals surface area contributed by atoms with E-state index in [9.17, 15) is 15.2 Å². The van der Waals surface area contributed by atoms with Crippen LogP contribution in [0.4, 0.5) is 5.69 Å². The van der Waals surface area contributed by atoms with E-state index in [4.69, 9.17) is 9.47 Å². The quantitative estimate of drug-likeness (QED) is 0.672. The molecule has 0 aliphatic carbocycles. The van der Waals surface area contributed by atoms with E-state index in [1.165, 1.54) is 31.5 Å². The van der Waals surface area contributed by atoms with Crippen molar-refractivity contribution in [1.29, 1.82) is 0 Å². The van der Waals surface area contributed by atoms with Crippen molar-refractivity contribution in [2.75, 3.05) is 7.11 Å². The van der Waals surface area contributed by atoms with Crippen LogP contribution in [-0.2, 0) is 0 Å². The van der Waals surface area contributed by atoms with E-state index in [1.807, 2.05) is 0 Å². The normalized spacial score (nSPS) is 11.8.